The molecule has 2 aromatic carbocycles. The summed E-state index contributed by atoms with van der Waals surface area (Å²) in [5.41, 5.74) is 6.28. The van der Waals surface area contributed by atoms with Crippen molar-refractivity contribution in [2.75, 3.05) is 11.1 Å². The minimum Gasteiger partial charge on any atom is -0.396 e. The average Bonchev–Trinajstić information content (AvgIpc) is 2.37. The number of hydrogen-bond donors (Lipinski definition) is 2. The summed E-state index contributed by atoms with van der Waals surface area (Å²) in [5, 5.41) is 2.73. The largest absolute Gasteiger partial charge is 0.396 e. The molecule has 2 aromatic rings. The number of rotatable bonds is 2. The van der Waals surface area contributed by atoms with Crippen molar-refractivity contribution in [3.8, 4) is 0 Å². The normalized spacial score (nSPS) is 10.3. The number of para-hydroxylation sites is 1. The SMILES string of the molecule is Nc1cc(C(=O)Nc2c(Br)cccc2Br)ccc1F. The molecule has 98 valence electrons. The summed E-state index contributed by atoms with van der Waals surface area (Å²) in [5.74, 6) is -0.905. The van der Waals surface area contributed by atoms with Gasteiger partial charge in [0.2, 0.25) is 0 Å². The van der Waals surface area contributed by atoms with Crippen LogP contribution in [0.15, 0.2) is 45.3 Å². The van der Waals surface area contributed by atoms with E-state index in [4.69, 9.17) is 5.73 Å². The summed E-state index contributed by atoms with van der Waals surface area (Å²) in [6.07, 6.45) is 0. The fraction of sp³-hybridized carbons (Fsp3) is 0. The molecule has 0 heterocycles. The second-order valence-electron chi connectivity index (χ2n) is 3.79. The molecular weight excluding hydrogens is 379 g/mol. The lowest BCUT2D eigenvalue weighted by Gasteiger charge is -2.10. The van der Waals surface area contributed by atoms with Crippen LogP contribution in [0.3, 0.4) is 0 Å². The molecule has 2 rings (SSSR count). The first-order valence-electron chi connectivity index (χ1n) is 5.29. The third kappa shape index (κ3) is 3.13. The molecule has 0 bridgehead atoms. The smallest absolute Gasteiger partial charge is 0.255 e. The topological polar surface area (TPSA) is 55.1 Å². The van der Waals surface area contributed by atoms with Crippen molar-refractivity contribution in [2.45, 2.75) is 0 Å². The molecule has 0 aromatic heterocycles. The zero-order chi connectivity index (χ0) is 14.0. The van der Waals surface area contributed by atoms with Crippen LogP contribution in [-0.4, -0.2) is 5.91 Å². The highest BCUT2D eigenvalue weighted by Crippen LogP contribution is 2.31. The molecule has 0 unspecified atom stereocenters. The predicted molar refractivity (Wildman–Crippen MR) is 80.6 cm³/mol. The maximum absolute atomic E-state index is 13.0. The van der Waals surface area contributed by atoms with Crippen molar-refractivity contribution in [2.24, 2.45) is 0 Å². The third-order valence-electron chi connectivity index (χ3n) is 2.46. The zero-order valence-corrected chi connectivity index (χ0v) is 12.8. The van der Waals surface area contributed by atoms with Gasteiger partial charge in [-0.1, -0.05) is 6.07 Å². The number of anilines is 2. The van der Waals surface area contributed by atoms with Crippen LogP contribution in [0.1, 0.15) is 10.4 Å². The number of halogens is 3. The van der Waals surface area contributed by atoms with Crippen LogP contribution in [0.2, 0.25) is 0 Å². The van der Waals surface area contributed by atoms with Crippen LogP contribution in [-0.2, 0) is 0 Å². The Morgan fingerprint density at radius 1 is 1.16 bits per heavy atom. The fourth-order valence-electron chi connectivity index (χ4n) is 1.49. The van der Waals surface area contributed by atoms with E-state index in [0.29, 0.717) is 11.3 Å². The van der Waals surface area contributed by atoms with E-state index in [1.807, 2.05) is 6.07 Å². The summed E-state index contributed by atoms with van der Waals surface area (Å²) in [4.78, 5) is 12.1. The van der Waals surface area contributed by atoms with Gasteiger partial charge in [0.05, 0.1) is 11.4 Å². The molecule has 0 fully saturated rings. The molecule has 0 saturated carbocycles. The van der Waals surface area contributed by atoms with Gasteiger partial charge in [-0.3, -0.25) is 4.79 Å². The molecule has 0 aliphatic heterocycles. The standard InChI is InChI=1S/C13H9Br2FN2O/c14-8-2-1-3-9(15)12(8)18-13(19)7-4-5-10(16)11(17)6-7/h1-6H,17H2,(H,18,19). The Morgan fingerprint density at radius 2 is 1.79 bits per heavy atom. The van der Waals surface area contributed by atoms with Gasteiger partial charge >= 0.3 is 0 Å². The Kier molecular flexibility index (Phi) is 4.21. The molecule has 3 nitrogen and oxygen atoms in total. The van der Waals surface area contributed by atoms with Crippen molar-refractivity contribution >= 4 is 49.1 Å². The average molecular weight is 388 g/mol. The van der Waals surface area contributed by atoms with Crippen molar-refractivity contribution in [3.63, 3.8) is 0 Å². The van der Waals surface area contributed by atoms with E-state index in [1.165, 1.54) is 18.2 Å². The van der Waals surface area contributed by atoms with E-state index < -0.39 is 5.82 Å². The molecule has 19 heavy (non-hydrogen) atoms. The molecule has 3 N–H and O–H groups in total. The molecule has 0 aliphatic carbocycles. The third-order valence-corrected chi connectivity index (χ3v) is 3.78. The zero-order valence-electron chi connectivity index (χ0n) is 9.58. The highest BCUT2D eigenvalue weighted by atomic mass is 79.9. The van der Waals surface area contributed by atoms with E-state index in [1.54, 1.807) is 12.1 Å². The number of carbonyl (C=O) groups excluding carboxylic acids is 1. The van der Waals surface area contributed by atoms with Crippen LogP contribution >= 0.6 is 31.9 Å². The van der Waals surface area contributed by atoms with Crippen LogP contribution in [0.4, 0.5) is 15.8 Å². The number of carbonyl (C=O) groups is 1. The highest BCUT2D eigenvalue weighted by Gasteiger charge is 2.12. The molecular formula is C13H9Br2FN2O. The van der Waals surface area contributed by atoms with Gasteiger partial charge in [-0.2, -0.15) is 0 Å². The van der Waals surface area contributed by atoms with Crippen molar-refractivity contribution in [1.82, 2.24) is 0 Å². The van der Waals surface area contributed by atoms with Gasteiger partial charge < -0.3 is 11.1 Å². The van der Waals surface area contributed by atoms with E-state index in [2.05, 4.69) is 37.2 Å². The van der Waals surface area contributed by atoms with E-state index >= 15 is 0 Å². The first kappa shape index (κ1) is 14.0. The Hall–Kier alpha value is -1.40. The van der Waals surface area contributed by atoms with Gasteiger partial charge in [-0.05, 0) is 62.2 Å². The lowest BCUT2D eigenvalue weighted by molar-refractivity contribution is 0.102. The second kappa shape index (κ2) is 5.71. The van der Waals surface area contributed by atoms with Gasteiger partial charge in [0.15, 0.2) is 0 Å². The number of benzene rings is 2. The molecule has 0 saturated heterocycles. The van der Waals surface area contributed by atoms with Gasteiger partial charge in [0.1, 0.15) is 5.82 Å². The first-order valence-corrected chi connectivity index (χ1v) is 6.88. The lowest BCUT2D eigenvalue weighted by atomic mass is 10.2. The van der Waals surface area contributed by atoms with Crippen molar-refractivity contribution in [3.05, 3.63) is 56.7 Å². The second-order valence-corrected chi connectivity index (χ2v) is 5.50. The molecule has 0 spiro atoms. The van der Waals surface area contributed by atoms with Crippen molar-refractivity contribution < 1.29 is 9.18 Å². The lowest BCUT2D eigenvalue weighted by Crippen LogP contribution is -2.13. The monoisotopic (exact) mass is 386 g/mol. The fourth-order valence-corrected chi connectivity index (χ4v) is 2.68. The Labute approximate surface area is 126 Å². The van der Waals surface area contributed by atoms with Crippen LogP contribution < -0.4 is 11.1 Å². The minimum atomic E-state index is -0.543. The van der Waals surface area contributed by atoms with Crippen molar-refractivity contribution in [1.29, 1.82) is 0 Å². The van der Waals surface area contributed by atoms with Gasteiger partial charge in [-0.15, -0.1) is 0 Å². The maximum Gasteiger partial charge on any atom is 0.255 e. The van der Waals surface area contributed by atoms with E-state index in [0.717, 1.165) is 8.95 Å². The van der Waals surface area contributed by atoms with Crippen LogP contribution in [0.5, 0.6) is 0 Å². The quantitative estimate of drug-likeness (QED) is 0.759. The molecule has 0 atom stereocenters. The Bertz CT molecular complexity index is 626. The summed E-state index contributed by atoms with van der Waals surface area (Å²) < 4.78 is 14.5. The molecule has 0 radical (unpaired) electrons. The van der Waals surface area contributed by atoms with Crippen LogP contribution in [0, 0.1) is 5.82 Å². The Balaban J connectivity index is 2.28. The predicted octanol–water partition coefficient (Wildman–Crippen LogP) is 4.19. The molecule has 6 heteroatoms. The summed E-state index contributed by atoms with van der Waals surface area (Å²) in [6.45, 7) is 0. The minimum absolute atomic E-state index is 0.0566. The number of amides is 1. The van der Waals surface area contributed by atoms with Gasteiger partial charge in [0, 0.05) is 14.5 Å². The number of nitrogens with two attached hydrogens (primary N) is 1. The Morgan fingerprint density at radius 3 is 2.37 bits per heavy atom. The number of nitrogens with one attached hydrogen (secondary N) is 1. The summed E-state index contributed by atoms with van der Waals surface area (Å²) in [6, 6.07) is 9.29. The first-order chi connectivity index (χ1) is 8.99. The number of hydrogen-bond acceptors (Lipinski definition) is 2. The maximum atomic E-state index is 13.0. The highest BCUT2D eigenvalue weighted by molar-refractivity contribution is 9.11. The van der Waals surface area contributed by atoms with Gasteiger partial charge in [-0.25, -0.2) is 4.39 Å². The van der Waals surface area contributed by atoms with E-state index in [-0.39, 0.29) is 11.6 Å². The summed E-state index contributed by atoms with van der Waals surface area (Å²) in [7, 11) is 0. The number of nitrogen functional groups attached to an aromatic ring is 1. The van der Waals surface area contributed by atoms with E-state index in [9.17, 15) is 9.18 Å². The molecule has 1 amide bonds. The van der Waals surface area contributed by atoms with Gasteiger partial charge in [0.25, 0.3) is 5.91 Å². The molecule has 0 aliphatic rings. The van der Waals surface area contributed by atoms with Crippen LogP contribution in [0.25, 0.3) is 0 Å². The summed E-state index contributed by atoms with van der Waals surface area (Å²) >= 11 is 6.69.